The van der Waals surface area contributed by atoms with Crippen molar-refractivity contribution in [2.75, 3.05) is 6.61 Å². The number of benzene rings is 1. The van der Waals surface area contributed by atoms with E-state index in [0.717, 1.165) is 42.3 Å². The van der Waals surface area contributed by atoms with E-state index in [1.54, 1.807) is 12.1 Å². The van der Waals surface area contributed by atoms with Crippen LogP contribution in [0.15, 0.2) is 50.7 Å². The molecule has 0 saturated heterocycles. The number of hydrogen-bond donors (Lipinski definition) is 0. The molecular weight excluding hydrogens is 382 g/mol. The Hall–Kier alpha value is -3.48. The number of fused-ring (bicyclic) bond motifs is 3. The Morgan fingerprint density at radius 2 is 1.97 bits per heavy atom. The molecule has 0 bridgehead atoms. The smallest absolute Gasteiger partial charge is 0.336 e. The van der Waals surface area contributed by atoms with E-state index in [0.29, 0.717) is 34.5 Å². The van der Waals surface area contributed by atoms with Gasteiger partial charge in [-0.3, -0.25) is 9.36 Å². The predicted molar refractivity (Wildman–Crippen MR) is 113 cm³/mol. The summed E-state index contributed by atoms with van der Waals surface area (Å²) >= 11 is 0. The Kier molecular flexibility index (Phi) is 4.58. The summed E-state index contributed by atoms with van der Waals surface area (Å²) in [6.07, 6.45) is 5.61. The minimum Gasteiger partial charge on any atom is -0.494 e. The fourth-order valence-corrected chi connectivity index (χ4v) is 4.10. The fourth-order valence-electron chi connectivity index (χ4n) is 4.10. The first-order valence-electron chi connectivity index (χ1n) is 10.2. The first-order chi connectivity index (χ1) is 14.6. The van der Waals surface area contributed by atoms with Gasteiger partial charge in [0.2, 0.25) is 0 Å². The maximum absolute atomic E-state index is 13.2. The van der Waals surface area contributed by atoms with Crippen molar-refractivity contribution in [2.45, 2.75) is 39.2 Å². The van der Waals surface area contributed by atoms with E-state index in [4.69, 9.17) is 9.15 Å². The third kappa shape index (κ3) is 3.26. The van der Waals surface area contributed by atoms with Crippen LogP contribution in [-0.2, 0) is 19.4 Å². The van der Waals surface area contributed by atoms with Crippen LogP contribution in [0.3, 0.4) is 0 Å². The molecule has 0 unspecified atom stereocenters. The minimum atomic E-state index is -0.459. The summed E-state index contributed by atoms with van der Waals surface area (Å²) in [5.74, 6) is 0.680. The monoisotopic (exact) mass is 403 g/mol. The van der Waals surface area contributed by atoms with E-state index < -0.39 is 5.63 Å². The first kappa shape index (κ1) is 18.5. The molecule has 3 aromatic heterocycles. The summed E-state index contributed by atoms with van der Waals surface area (Å²) < 4.78 is 12.4. The topological polar surface area (TPSA) is 87.2 Å². The summed E-state index contributed by atoms with van der Waals surface area (Å²) in [6, 6.07) is 8.65. The van der Waals surface area contributed by atoms with Gasteiger partial charge >= 0.3 is 5.63 Å². The lowest BCUT2D eigenvalue weighted by atomic mass is 9.95. The van der Waals surface area contributed by atoms with Gasteiger partial charge < -0.3 is 9.15 Å². The molecule has 1 aliphatic carbocycles. The number of nitrogens with zero attached hydrogens (tertiary/aromatic N) is 3. The van der Waals surface area contributed by atoms with Crippen molar-refractivity contribution in [3.8, 4) is 5.75 Å². The molecule has 0 fully saturated rings. The van der Waals surface area contributed by atoms with Gasteiger partial charge in [-0.1, -0.05) is 0 Å². The molecule has 1 aliphatic rings. The second kappa shape index (κ2) is 7.40. The average Bonchev–Trinajstić information content (AvgIpc) is 2.75. The molecule has 30 heavy (non-hydrogen) atoms. The highest BCUT2D eigenvalue weighted by Crippen LogP contribution is 2.24. The van der Waals surface area contributed by atoms with E-state index in [9.17, 15) is 9.59 Å². The summed E-state index contributed by atoms with van der Waals surface area (Å²) in [6.45, 7) is 2.64. The third-order valence-corrected chi connectivity index (χ3v) is 5.54. The normalized spacial score (nSPS) is 13.5. The van der Waals surface area contributed by atoms with Gasteiger partial charge in [0, 0.05) is 17.1 Å². The average molecular weight is 403 g/mol. The van der Waals surface area contributed by atoms with Gasteiger partial charge in [-0.2, -0.15) is 0 Å². The van der Waals surface area contributed by atoms with Crippen LogP contribution in [0.25, 0.3) is 22.0 Å². The molecule has 7 heteroatoms. The standard InChI is InChI=1S/C23H21N3O4/c1-2-29-16-7-8-20-17(11-16)15(10-21(27)30-20)12-26-13-24-22-18(23(26)28)9-14-5-3-4-6-19(14)25-22/h7-11,13H,2-6,12H2,1H3. The van der Waals surface area contributed by atoms with Gasteiger partial charge in [-0.25, -0.2) is 14.8 Å². The van der Waals surface area contributed by atoms with E-state index in [-0.39, 0.29) is 12.1 Å². The Morgan fingerprint density at radius 3 is 2.83 bits per heavy atom. The molecule has 0 spiro atoms. The molecule has 0 aliphatic heterocycles. The Bertz CT molecular complexity index is 1390. The molecule has 0 amide bonds. The molecule has 5 rings (SSSR count). The van der Waals surface area contributed by atoms with Crippen LogP contribution in [0.2, 0.25) is 0 Å². The number of hydrogen-bond acceptors (Lipinski definition) is 6. The van der Waals surface area contributed by atoms with Gasteiger partial charge in [0.25, 0.3) is 5.56 Å². The summed E-state index contributed by atoms with van der Waals surface area (Å²) in [4.78, 5) is 34.3. The van der Waals surface area contributed by atoms with Crippen LogP contribution in [0.4, 0.5) is 0 Å². The zero-order chi connectivity index (χ0) is 20.7. The van der Waals surface area contributed by atoms with Crippen molar-refractivity contribution in [3.05, 3.63) is 74.3 Å². The number of pyridine rings is 1. The number of aromatic nitrogens is 3. The van der Waals surface area contributed by atoms with Crippen LogP contribution in [0.5, 0.6) is 5.75 Å². The minimum absolute atomic E-state index is 0.164. The van der Waals surface area contributed by atoms with E-state index in [1.807, 2.05) is 19.1 Å². The number of ether oxygens (including phenoxy) is 1. The quantitative estimate of drug-likeness (QED) is 0.486. The SMILES string of the molecule is CCOc1ccc2oc(=O)cc(Cn3cnc4nc5c(cc4c3=O)CCCC5)c2c1. The molecule has 3 heterocycles. The van der Waals surface area contributed by atoms with Crippen molar-refractivity contribution in [2.24, 2.45) is 0 Å². The molecule has 1 aromatic carbocycles. The maximum atomic E-state index is 13.2. The highest BCUT2D eigenvalue weighted by molar-refractivity contribution is 5.82. The van der Waals surface area contributed by atoms with Gasteiger partial charge in [0.05, 0.1) is 18.5 Å². The predicted octanol–water partition coefficient (Wildman–Crippen LogP) is 3.22. The second-order valence-electron chi connectivity index (χ2n) is 7.53. The van der Waals surface area contributed by atoms with Crippen molar-refractivity contribution in [1.29, 1.82) is 0 Å². The van der Waals surface area contributed by atoms with Crippen molar-refractivity contribution in [1.82, 2.24) is 14.5 Å². The van der Waals surface area contributed by atoms with Crippen LogP contribution in [0.1, 0.15) is 36.6 Å². The van der Waals surface area contributed by atoms with E-state index in [2.05, 4.69) is 9.97 Å². The lowest BCUT2D eigenvalue weighted by Gasteiger charge is -2.15. The van der Waals surface area contributed by atoms with Crippen molar-refractivity contribution in [3.63, 3.8) is 0 Å². The highest BCUT2D eigenvalue weighted by Gasteiger charge is 2.16. The summed E-state index contributed by atoms with van der Waals surface area (Å²) in [5, 5.41) is 1.25. The molecule has 152 valence electrons. The van der Waals surface area contributed by atoms with E-state index in [1.165, 1.54) is 17.0 Å². The highest BCUT2D eigenvalue weighted by atomic mass is 16.5. The Labute approximate surface area is 172 Å². The molecule has 4 aromatic rings. The number of rotatable bonds is 4. The molecule has 0 saturated carbocycles. The second-order valence-corrected chi connectivity index (χ2v) is 7.53. The van der Waals surface area contributed by atoms with Crippen LogP contribution in [0, 0.1) is 0 Å². The van der Waals surface area contributed by atoms with E-state index >= 15 is 0 Å². The fraction of sp³-hybridized carbons (Fsp3) is 0.304. The lowest BCUT2D eigenvalue weighted by Crippen LogP contribution is -2.23. The molecule has 7 nitrogen and oxygen atoms in total. The molecular formula is C23H21N3O4. The lowest BCUT2D eigenvalue weighted by molar-refractivity contribution is 0.340. The Balaban J connectivity index is 1.62. The first-order valence-corrected chi connectivity index (χ1v) is 10.2. The summed E-state index contributed by atoms with van der Waals surface area (Å²) in [5.41, 5.74) is 3.18. The van der Waals surface area contributed by atoms with Gasteiger partial charge in [-0.05, 0) is 68.0 Å². The van der Waals surface area contributed by atoms with Crippen LogP contribution in [-0.4, -0.2) is 21.1 Å². The summed E-state index contributed by atoms with van der Waals surface area (Å²) in [7, 11) is 0. The van der Waals surface area contributed by atoms with Gasteiger partial charge in [0.1, 0.15) is 17.7 Å². The largest absolute Gasteiger partial charge is 0.494 e. The third-order valence-electron chi connectivity index (χ3n) is 5.54. The maximum Gasteiger partial charge on any atom is 0.336 e. The number of aryl methyl sites for hydroxylation is 2. The van der Waals surface area contributed by atoms with Gasteiger partial charge in [0.15, 0.2) is 5.65 Å². The molecule has 0 atom stereocenters. The zero-order valence-corrected chi connectivity index (χ0v) is 16.7. The molecule has 0 N–H and O–H groups in total. The zero-order valence-electron chi connectivity index (χ0n) is 16.7. The van der Waals surface area contributed by atoms with Crippen LogP contribution >= 0.6 is 0 Å². The van der Waals surface area contributed by atoms with Crippen molar-refractivity contribution < 1.29 is 9.15 Å². The van der Waals surface area contributed by atoms with Crippen LogP contribution < -0.4 is 15.9 Å². The Morgan fingerprint density at radius 1 is 1.10 bits per heavy atom. The van der Waals surface area contributed by atoms with Gasteiger partial charge in [-0.15, -0.1) is 0 Å². The molecule has 0 radical (unpaired) electrons. The van der Waals surface area contributed by atoms with Crippen molar-refractivity contribution >= 4 is 22.0 Å².